The van der Waals surface area contributed by atoms with Gasteiger partial charge in [0.2, 0.25) is 5.79 Å². The van der Waals surface area contributed by atoms with E-state index in [0.717, 1.165) is 6.42 Å². The van der Waals surface area contributed by atoms with Crippen LogP contribution < -0.4 is 0 Å². The molecule has 0 spiro atoms. The first-order valence-corrected chi connectivity index (χ1v) is 3.56. The van der Waals surface area contributed by atoms with Crippen LogP contribution in [0.15, 0.2) is 0 Å². The van der Waals surface area contributed by atoms with Gasteiger partial charge in [-0.1, -0.05) is 25.3 Å². The van der Waals surface area contributed by atoms with Gasteiger partial charge in [0.25, 0.3) is 0 Å². The van der Waals surface area contributed by atoms with Crippen molar-refractivity contribution in [3.05, 3.63) is 0 Å². The van der Waals surface area contributed by atoms with Gasteiger partial charge in [-0.25, -0.2) is 15.4 Å². The Hall–Kier alpha value is -0.200. The van der Waals surface area contributed by atoms with Crippen molar-refractivity contribution in [2.24, 2.45) is 0 Å². The van der Waals surface area contributed by atoms with Crippen LogP contribution in [0.1, 0.15) is 33.1 Å². The zero-order chi connectivity index (χ0) is 8.74. The first kappa shape index (κ1) is 10.8. The molecule has 0 rings (SSSR count). The van der Waals surface area contributed by atoms with Gasteiger partial charge in [0.1, 0.15) is 0 Å². The molecule has 0 saturated carbocycles. The Morgan fingerprint density at radius 1 is 1.27 bits per heavy atom. The van der Waals surface area contributed by atoms with Gasteiger partial charge in [0.05, 0.1) is 0 Å². The summed E-state index contributed by atoms with van der Waals surface area (Å²) in [6, 6.07) is 0. The van der Waals surface area contributed by atoms with Crippen molar-refractivity contribution in [2.45, 2.75) is 38.9 Å². The molecule has 0 heterocycles. The zero-order valence-corrected chi connectivity index (χ0v) is 6.74. The molecule has 11 heavy (non-hydrogen) atoms. The van der Waals surface area contributed by atoms with Crippen molar-refractivity contribution < 1.29 is 25.3 Å². The smallest absolute Gasteiger partial charge is 0.236 e. The number of hydrogen-bond acceptors (Lipinski definition) is 5. The van der Waals surface area contributed by atoms with Gasteiger partial charge < -0.3 is 0 Å². The zero-order valence-electron chi connectivity index (χ0n) is 6.74. The average Bonchev–Trinajstić information content (AvgIpc) is 2.04. The molecule has 0 radical (unpaired) electrons. The third kappa shape index (κ3) is 3.13. The summed E-state index contributed by atoms with van der Waals surface area (Å²) >= 11 is 0. The van der Waals surface area contributed by atoms with Gasteiger partial charge in [-0.15, -0.1) is 0 Å². The van der Waals surface area contributed by atoms with E-state index >= 15 is 0 Å². The molecule has 0 amide bonds. The van der Waals surface area contributed by atoms with E-state index in [4.69, 9.17) is 10.5 Å². The molecular weight excluding hydrogens is 152 g/mol. The van der Waals surface area contributed by atoms with Crippen molar-refractivity contribution in [3.8, 4) is 0 Å². The quantitative estimate of drug-likeness (QED) is 0.357. The van der Waals surface area contributed by atoms with Crippen LogP contribution in [0.3, 0.4) is 0 Å². The third-order valence-electron chi connectivity index (χ3n) is 1.53. The SMILES string of the molecule is CCCC(CC)(OO)OOO. The molecule has 1 unspecified atom stereocenters. The summed E-state index contributed by atoms with van der Waals surface area (Å²) in [5.74, 6) is -1.23. The first-order valence-electron chi connectivity index (χ1n) is 3.56. The van der Waals surface area contributed by atoms with Crippen molar-refractivity contribution in [2.75, 3.05) is 0 Å². The summed E-state index contributed by atoms with van der Waals surface area (Å²) in [5, 5.41) is 19.9. The minimum absolute atomic E-state index is 0.387. The lowest BCUT2D eigenvalue weighted by atomic mass is 10.1. The van der Waals surface area contributed by atoms with E-state index in [1.54, 1.807) is 6.92 Å². The average molecular weight is 166 g/mol. The highest BCUT2D eigenvalue weighted by Gasteiger charge is 2.31. The second-order valence-corrected chi connectivity index (χ2v) is 2.26. The molecule has 0 bridgehead atoms. The Bertz CT molecular complexity index is 83.0. The van der Waals surface area contributed by atoms with Crippen LogP contribution in [0.25, 0.3) is 0 Å². The molecule has 0 saturated heterocycles. The Morgan fingerprint density at radius 2 is 1.91 bits per heavy atom. The molecule has 0 aliphatic carbocycles. The highest BCUT2D eigenvalue weighted by molar-refractivity contribution is 4.62. The van der Waals surface area contributed by atoms with Gasteiger partial charge in [0.15, 0.2) is 0 Å². The second-order valence-electron chi connectivity index (χ2n) is 2.26. The third-order valence-corrected chi connectivity index (χ3v) is 1.53. The fourth-order valence-electron chi connectivity index (χ4n) is 0.852. The van der Waals surface area contributed by atoms with Crippen molar-refractivity contribution in [3.63, 3.8) is 0 Å². The van der Waals surface area contributed by atoms with Gasteiger partial charge >= 0.3 is 0 Å². The van der Waals surface area contributed by atoms with Crippen LogP contribution in [-0.4, -0.2) is 16.3 Å². The van der Waals surface area contributed by atoms with Crippen LogP contribution in [0.2, 0.25) is 0 Å². The van der Waals surface area contributed by atoms with Crippen LogP contribution in [0.5, 0.6) is 0 Å². The van der Waals surface area contributed by atoms with Crippen LogP contribution in [0.4, 0.5) is 0 Å². The van der Waals surface area contributed by atoms with E-state index in [0.29, 0.717) is 12.8 Å². The molecule has 5 nitrogen and oxygen atoms in total. The maximum Gasteiger partial charge on any atom is 0.236 e. The maximum absolute atomic E-state index is 8.42. The van der Waals surface area contributed by atoms with E-state index in [-0.39, 0.29) is 0 Å². The number of rotatable bonds is 6. The Labute approximate surface area is 65.3 Å². The topological polar surface area (TPSA) is 68.2 Å². The molecule has 68 valence electrons. The van der Waals surface area contributed by atoms with E-state index in [1.165, 1.54) is 0 Å². The minimum atomic E-state index is -1.23. The summed E-state index contributed by atoms with van der Waals surface area (Å²) in [6.07, 6.45) is 1.58. The molecule has 0 aromatic carbocycles. The maximum atomic E-state index is 8.42. The highest BCUT2D eigenvalue weighted by Crippen LogP contribution is 2.22. The lowest BCUT2D eigenvalue weighted by Gasteiger charge is -2.24. The summed E-state index contributed by atoms with van der Waals surface area (Å²) in [5.41, 5.74) is 0. The second kappa shape index (κ2) is 5.45. The fraction of sp³-hybridized carbons (Fsp3) is 1.00. The highest BCUT2D eigenvalue weighted by atomic mass is 17.5. The van der Waals surface area contributed by atoms with Gasteiger partial charge in [-0.2, -0.15) is 4.89 Å². The lowest BCUT2D eigenvalue weighted by molar-refractivity contribution is -0.589. The Kier molecular flexibility index (Phi) is 5.35. The largest absolute Gasteiger partial charge is 0.249 e. The Morgan fingerprint density at radius 3 is 2.18 bits per heavy atom. The van der Waals surface area contributed by atoms with Crippen molar-refractivity contribution in [1.29, 1.82) is 0 Å². The standard InChI is InChI=1S/C6H14O5/c1-3-5-6(4-2,9-7)10-11-8/h7-8H,3-5H2,1-2H3. The van der Waals surface area contributed by atoms with Crippen molar-refractivity contribution >= 4 is 0 Å². The van der Waals surface area contributed by atoms with Crippen LogP contribution in [0, 0.1) is 0 Å². The van der Waals surface area contributed by atoms with Gasteiger partial charge in [0, 0.05) is 12.8 Å². The first-order chi connectivity index (χ1) is 5.24. The summed E-state index contributed by atoms with van der Waals surface area (Å²) in [7, 11) is 0. The molecule has 0 aromatic rings. The molecule has 0 aliphatic heterocycles. The summed E-state index contributed by atoms with van der Waals surface area (Å²) in [4.78, 5) is 8.41. The van der Waals surface area contributed by atoms with Crippen molar-refractivity contribution in [1.82, 2.24) is 0 Å². The fourth-order valence-corrected chi connectivity index (χ4v) is 0.852. The van der Waals surface area contributed by atoms with E-state index in [9.17, 15) is 0 Å². The van der Waals surface area contributed by atoms with Crippen LogP contribution >= 0.6 is 0 Å². The Balaban J connectivity index is 3.96. The molecule has 2 N–H and O–H groups in total. The number of hydrogen-bond donors (Lipinski definition) is 2. The monoisotopic (exact) mass is 166 g/mol. The van der Waals surface area contributed by atoms with Gasteiger partial charge in [-0.3, -0.25) is 0 Å². The molecular formula is C6H14O5. The molecule has 0 aliphatic rings. The molecule has 0 aromatic heterocycles. The predicted octanol–water partition coefficient (Wildman–Crippen LogP) is 1.80. The van der Waals surface area contributed by atoms with E-state index in [1.807, 2.05) is 6.92 Å². The minimum Gasteiger partial charge on any atom is -0.249 e. The predicted molar refractivity (Wildman–Crippen MR) is 36.4 cm³/mol. The molecule has 5 heteroatoms. The summed E-state index contributed by atoms with van der Waals surface area (Å²) < 4.78 is 0. The van der Waals surface area contributed by atoms with Crippen LogP contribution in [-0.2, 0) is 14.8 Å². The molecule has 1 atom stereocenters. The normalized spacial score (nSPS) is 16.4. The van der Waals surface area contributed by atoms with E-state index < -0.39 is 5.79 Å². The summed E-state index contributed by atoms with van der Waals surface area (Å²) in [6.45, 7) is 3.63. The molecule has 0 fully saturated rings. The van der Waals surface area contributed by atoms with Gasteiger partial charge in [-0.05, 0) is 0 Å². The lowest BCUT2D eigenvalue weighted by Crippen LogP contribution is -2.33. The van der Waals surface area contributed by atoms with E-state index in [2.05, 4.69) is 14.8 Å².